The molecule has 1 saturated carbocycles. The molecule has 0 radical (unpaired) electrons. The van der Waals surface area contributed by atoms with E-state index in [1.807, 2.05) is 6.07 Å². The van der Waals surface area contributed by atoms with Gasteiger partial charge in [-0.15, -0.1) is 0 Å². The molecule has 0 unspecified atom stereocenters. The number of hydrogen-bond donors (Lipinski definition) is 0. The molecule has 1 fully saturated rings. The molecule has 1 aliphatic carbocycles. The van der Waals surface area contributed by atoms with Crippen molar-refractivity contribution in [1.29, 1.82) is 0 Å². The van der Waals surface area contributed by atoms with Crippen LogP contribution in [-0.4, -0.2) is 14.2 Å². The van der Waals surface area contributed by atoms with Crippen molar-refractivity contribution in [3.63, 3.8) is 0 Å². The summed E-state index contributed by atoms with van der Waals surface area (Å²) in [5, 5.41) is 0. The first-order valence-electron chi connectivity index (χ1n) is 4.98. The Labute approximate surface area is 84.8 Å². The third-order valence-electron chi connectivity index (χ3n) is 2.85. The van der Waals surface area contributed by atoms with Gasteiger partial charge in [-0.25, -0.2) is 0 Å². The predicted octanol–water partition coefficient (Wildman–Crippen LogP) is 2.89. The van der Waals surface area contributed by atoms with Crippen molar-refractivity contribution in [1.82, 2.24) is 0 Å². The van der Waals surface area contributed by atoms with E-state index >= 15 is 0 Å². The van der Waals surface area contributed by atoms with Gasteiger partial charge in [0.25, 0.3) is 0 Å². The van der Waals surface area contributed by atoms with Gasteiger partial charge < -0.3 is 9.47 Å². The van der Waals surface area contributed by atoms with Crippen molar-refractivity contribution in [2.24, 2.45) is 0 Å². The van der Waals surface area contributed by atoms with Crippen LogP contribution in [0.5, 0.6) is 11.5 Å². The first-order chi connectivity index (χ1) is 6.76. The monoisotopic (exact) mass is 192 g/mol. The summed E-state index contributed by atoms with van der Waals surface area (Å²) < 4.78 is 10.6. The second-order valence-corrected chi connectivity index (χ2v) is 3.82. The fraction of sp³-hybridized carbons (Fsp3) is 0.500. The molecular formula is C12H16O2. The largest absolute Gasteiger partial charge is 0.497 e. The molecule has 0 aromatic heterocycles. The van der Waals surface area contributed by atoms with Crippen molar-refractivity contribution in [2.75, 3.05) is 14.2 Å². The molecule has 1 aromatic carbocycles. The zero-order valence-electron chi connectivity index (χ0n) is 8.96. The lowest BCUT2D eigenvalue weighted by Crippen LogP contribution is -1.94. The molecule has 0 amide bonds. The summed E-state index contributed by atoms with van der Waals surface area (Å²) in [6.45, 7) is 2.12. The minimum atomic E-state index is 0.735. The molecule has 2 nitrogen and oxygen atoms in total. The highest BCUT2D eigenvalue weighted by atomic mass is 16.5. The fourth-order valence-electron chi connectivity index (χ4n) is 1.83. The van der Waals surface area contributed by atoms with Crippen molar-refractivity contribution in [2.45, 2.75) is 25.7 Å². The maximum Gasteiger partial charge on any atom is 0.125 e. The molecule has 0 N–H and O–H groups in total. The van der Waals surface area contributed by atoms with Gasteiger partial charge in [-0.05, 0) is 42.9 Å². The smallest absolute Gasteiger partial charge is 0.125 e. The molecule has 0 saturated heterocycles. The molecule has 76 valence electrons. The molecule has 1 aliphatic rings. The van der Waals surface area contributed by atoms with E-state index in [2.05, 4.69) is 13.0 Å². The van der Waals surface area contributed by atoms with Crippen molar-refractivity contribution in [3.05, 3.63) is 23.3 Å². The van der Waals surface area contributed by atoms with Crippen LogP contribution in [0.25, 0.3) is 0 Å². The van der Waals surface area contributed by atoms with E-state index in [0.29, 0.717) is 0 Å². The van der Waals surface area contributed by atoms with Gasteiger partial charge >= 0.3 is 0 Å². The molecule has 0 atom stereocenters. The highest BCUT2D eigenvalue weighted by Crippen LogP contribution is 2.45. The second kappa shape index (κ2) is 3.52. The lowest BCUT2D eigenvalue weighted by atomic mass is 10.0. The van der Waals surface area contributed by atoms with Gasteiger partial charge in [-0.1, -0.05) is 0 Å². The summed E-state index contributed by atoms with van der Waals surface area (Å²) in [4.78, 5) is 0. The topological polar surface area (TPSA) is 18.5 Å². The van der Waals surface area contributed by atoms with Gasteiger partial charge in [0.1, 0.15) is 11.5 Å². The quantitative estimate of drug-likeness (QED) is 0.733. The minimum absolute atomic E-state index is 0.735. The molecule has 0 aliphatic heterocycles. The van der Waals surface area contributed by atoms with Crippen LogP contribution in [0.1, 0.15) is 29.9 Å². The van der Waals surface area contributed by atoms with Crippen LogP contribution in [0.3, 0.4) is 0 Å². The maximum absolute atomic E-state index is 5.33. The van der Waals surface area contributed by atoms with Crippen LogP contribution in [0.4, 0.5) is 0 Å². The molecule has 0 bridgehead atoms. The highest BCUT2D eigenvalue weighted by molar-refractivity contribution is 5.48. The number of hydrogen-bond acceptors (Lipinski definition) is 2. The van der Waals surface area contributed by atoms with E-state index in [0.717, 1.165) is 17.4 Å². The fourth-order valence-corrected chi connectivity index (χ4v) is 1.83. The van der Waals surface area contributed by atoms with Gasteiger partial charge in [-0.2, -0.15) is 0 Å². The number of rotatable bonds is 3. The van der Waals surface area contributed by atoms with Gasteiger partial charge in [0.05, 0.1) is 14.2 Å². The van der Waals surface area contributed by atoms with Crippen LogP contribution in [-0.2, 0) is 0 Å². The summed E-state index contributed by atoms with van der Waals surface area (Å²) in [5.41, 5.74) is 2.65. The maximum atomic E-state index is 5.33. The molecule has 0 spiro atoms. The Hall–Kier alpha value is -1.18. The van der Waals surface area contributed by atoms with Crippen molar-refractivity contribution >= 4 is 0 Å². The lowest BCUT2D eigenvalue weighted by Gasteiger charge is -2.12. The van der Waals surface area contributed by atoms with E-state index in [1.165, 1.54) is 24.0 Å². The lowest BCUT2D eigenvalue weighted by molar-refractivity contribution is 0.391. The summed E-state index contributed by atoms with van der Waals surface area (Å²) in [7, 11) is 3.40. The van der Waals surface area contributed by atoms with Gasteiger partial charge in [-0.3, -0.25) is 0 Å². The molecule has 2 rings (SSSR count). The Morgan fingerprint density at radius 2 is 1.86 bits per heavy atom. The van der Waals surface area contributed by atoms with E-state index < -0.39 is 0 Å². The van der Waals surface area contributed by atoms with Crippen LogP contribution in [0, 0.1) is 6.92 Å². The third-order valence-corrected chi connectivity index (χ3v) is 2.85. The predicted molar refractivity (Wildman–Crippen MR) is 56.3 cm³/mol. The second-order valence-electron chi connectivity index (χ2n) is 3.82. The average molecular weight is 192 g/mol. The Kier molecular flexibility index (Phi) is 2.36. The Balaban J connectivity index is 2.45. The standard InChI is InChI=1S/C12H16O2/c1-8-11(9-4-5-9)6-10(13-2)7-12(8)14-3/h6-7,9H,4-5H2,1-3H3. The Morgan fingerprint density at radius 3 is 2.36 bits per heavy atom. The van der Waals surface area contributed by atoms with Crippen molar-refractivity contribution < 1.29 is 9.47 Å². The van der Waals surface area contributed by atoms with Crippen LogP contribution in [0.2, 0.25) is 0 Å². The zero-order valence-corrected chi connectivity index (χ0v) is 8.96. The average Bonchev–Trinajstić information content (AvgIpc) is 3.02. The molecule has 14 heavy (non-hydrogen) atoms. The first-order valence-corrected chi connectivity index (χ1v) is 4.98. The van der Waals surface area contributed by atoms with Crippen LogP contribution >= 0.6 is 0 Å². The minimum Gasteiger partial charge on any atom is -0.497 e. The third kappa shape index (κ3) is 1.57. The number of ether oxygens (including phenoxy) is 2. The zero-order chi connectivity index (χ0) is 10.1. The van der Waals surface area contributed by atoms with Gasteiger partial charge in [0, 0.05) is 6.07 Å². The van der Waals surface area contributed by atoms with Crippen LogP contribution < -0.4 is 9.47 Å². The van der Waals surface area contributed by atoms with Gasteiger partial charge in [0.15, 0.2) is 0 Å². The summed E-state index contributed by atoms with van der Waals surface area (Å²) in [6.07, 6.45) is 2.61. The van der Waals surface area contributed by atoms with Gasteiger partial charge in [0.2, 0.25) is 0 Å². The Morgan fingerprint density at radius 1 is 1.14 bits per heavy atom. The number of methoxy groups -OCH3 is 2. The summed E-state index contributed by atoms with van der Waals surface area (Å²) in [5.74, 6) is 2.57. The van der Waals surface area contributed by atoms with E-state index in [1.54, 1.807) is 14.2 Å². The van der Waals surface area contributed by atoms with E-state index in [4.69, 9.17) is 9.47 Å². The SMILES string of the molecule is COc1cc(OC)c(C)c(C2CC2)c1. The van der Waals surface area contributed by atoms with E-state index in [9.17, 15) is 0 Å². The number of benzene rings is 1. The Bertz CT molecular complexity index is 340. The molecule has 0 heterocycles. The molecular weight excluding hydrogens is 176 g/mol. The summed E-state index contributed by atoms with van der Waals surface area (Å²) in [6, 6.07) is 4.08. The highest BCUT2D eigenvalue weighted by Gasteiger charge is 2.26. The molecule has 1 aromatic rings. The first kappa shape index (κ1) is 9.38. The normalized spacial score (nSPS) is 15.4. The van der Waals surface area contributed by atoms with Crippen molar-refractivity contribution in [3.8, 4) is 11.5 Å². The summed E-state index contributed by atoms with van der Waals surface area (Å²) >= 11 is 0. The van der Waals surface area contributed by atoms with E-state index in [-0.39, 0.29) is 0 Å². The molecule has 2 heteroatoms. The van der Waals surface area contributed by atoms with Crippen LogP contribution in [0.15, 0.2) is 12.1 Å².